The maximum atomic E-state index is 15.3. The van der Waals surface area contributed by atoms with Gasteiger partial charge in [-0.15, -0.1) is 0 Å². The summed E-state index contributed by atoms with van der Waals surface area (Å²) in [5.74, 6) is -1.37. The van der Waals surface area contributed by atoms with Gasteiger partial charge in [-0.1, -0.05) is 44.2 Å². The number of aliphatic hydroxyl groups is 1. The summed E-state index contributed by atoms with van der Waals surface area (Å²) in [6, 6.07) is 11.1. The summed E-state index contributed by atoms with van der Waals surface area (Å²) in [5, 5.41) is 14.4. The second-order valence-corrected chi connectivity index (χ2v) is 19.3. The second kappa shape index (κ2) is 14.7. The lowest BCUT2D eigenvalue weighted by atomic mass is 9.47. The molecule has 7 aliphatic rings. The number of nitrogens with zero attached hydrogens (tertiary/aromatic N) is 3. The third-order valence-corrected chi connectivity index (χ3v) is 15.7. The number of epoxide rings is 1. The zero-order valence-electron chi connectivity index (χ0n) is 36.5. The predicted octanol–water partition coefficient (Wildman–Crippen LogP) is 3.31. The first-order chi connectivity index (χ1) is 29.8. The van der Waals surface area contributed by atoms with Crippen molar-refractivity contribution in [3.63, 3.8) is 0 Å². The smallest absolute Gasteiger partial charge is 0.394 e. The standard InChI is InChI=1S/C45H54N4O9.H2O4S/c1-8-41-15-12-17-49-18-16-43(36(41)49)29-19-30(33(54-5)20-32(29)47(4)37(43)45(53,40(52)56-7)38(41)57-25(3)50)44(39(51)55-6)21-26-22-48(24-42(9-2)35(26)58-42)23-28-27-13-10-11-14-31(27)46-34(28)44;1-5(2,3)4/h10-15,19-20,26,35-38,46,53H,8-9,16-18,21-24H2,1-7H3;(H2,1,2,3,4)/t26?,35-,36+,37-,38-,41+,42+,43+,44+,45?;/m1./s1. The van der Waals surface area contributed by atoms with Crippen LogP contribution in [0.3, 0.4) is 0 Å². The fourth-order valence-electron chi connectivity index (χ4n) is 13.7. The van der Waals surface area contributed by atoms with Crippen molar-refractivity contribution in [3.05, 3.63) is 70.9 Å². The number of nitrogens with one attached hydrogen (secondary N) is 1. The number of esters is 3. The number of fused-ring (bicyclic) bond motifs is 8. The van der Waals surface area contributed by atoms with Gasteiger partial charge in [-0.3, -0.25) is 28.5 Å². The lowest BCUT2D eigenvalue weighted by Gasteiger charge is -2.63. The summed E-state index contributed by atoms with van der Waals surface area (Å²) in [5.41, 5.74) is -0.688. The van der Waals surface area contributed by atoms with Crippen molar-refractivity contribution in [2.75, 3.05) is 59.5 Å². The van der Waals surface area contributed by atoms with E-state index in [4.69, 9.17) is 41.2 Å². The van der Waals surface area contributed by atoms with E-state index in [1.165, 1.54) is 21.1 Å². The van der Waals surface area contributed by atoms with Gasteiger partial charge in [0.1, 0.15) is 16.8 Å². The molecule has 0 amide bonds. The lowest BCUT2D eigenvalue weighted by molar-refractivity contribution is -0.228. The maximum Gasteiger partial charge on any atom is 0.394 e. The number of carbonyl (C=O) groups excluding carboxylic acids is 3. The molecule has 3 saturated heterocycles. The molecule has 2 aromatic carbocycles. The van der Waals surface area contributed by atoms with Crippen LogP contribution < -0.4 is 9.64 Å². The molecule has 1 aromatic heterocycles. The van der Waals surface area contributed by atoms with E-state index >= 15 is 4.79 Å². The normalized spacial score (nSPS) is 36.8. The molecule has 1 saturated carbocycles. The van der Waals surface area contributed by atoms with Crippen LogP contribution in [0.1, 0.15) is 68.8 Å². The first-order valence-electron chi connectivity index (χ1n) is 21.5. The van der Waals surface area contributed by atoms with Gasteiger partial charge in [0, 0.05) is 96.9 Å². The van der Waals surface area contributed by atoms with Crippen molar-refractivity contribution in [1.82, 2.24) is 14.8 Å². The molecule has 10 rings (SSSR count). The number of aromatic amines is 1. The van der Waals surface area contributed by atoms with E-state index in [0.717, 1.165) is 52.9 Å². The Bertz CT molecular complexity index is 2540. The monoisotopic (exact) mass is 892 g/mol. The number of aromatic nitrogens is 1. The van der Waals surface area contributed by atoms with Crippen LogP contribution in [0.4, 0.5) is 5.69 Å². The van der Waals surface area contributed by atoms with Gasteiger partial charge in [0.25, 0.3) is 0 Å². The zero-order valence-corrected chi connectivity index (χ0v) is 37.4. The van der Waals surface area contributed by atoms with Crippen LogP contribution in [-0.4, -0.2) is 145 Å². The van der Waals surface area contributed by atoms with Crippen LogP contribution in [-0.2, 0) is 61.1 Å². The Morgan fingerprint density at radius 2 is 1.71 bits per heavy atom. The van der Waals surface area contributed by atoms with Crippen molar-refractivity contribution >= 4 is 44.9 Å². The minimum absolute atomic E-state index is 0.000637. The van der Waals surface area contributed by atoms with Crippen molar-refractivity contribution in [2.45, 2.75) is 99.3 Å². The van der Waals surface area contributed by atoms with Crippen molar-refractivity contribution < 1.29 is 60.7 Å². The number of piperidine rings is 1. The Balaban J connectivity index is 0.000000956. The minimum Gasteiger partial charge on any atom is -0.496 e. The molecule has 4 N–H and O–H groups in total. The van der Waals surface area contributed by atoms with Gasteiger partial charge in [0.2, 0.25) is 5.60 Å². The fourth-order valence-corrected chi connectivity index (χ4v) is 13.7. The Morgan fingerprint density at radius 3 is 2.37 bits per heavy atom. The first-order valence-corrected chi connectivity index (χ1v) is 22.9. The summed E-state index contributed by atoms with van der Waals surface area (Å²) in [4.78, 5) is 53.3. The van der Waals surface area contributed by atoms with E-state index in [9.17, 15) is 14.7 Å². The molecule has 63 heavy (non-hydrogen) atoms. The van der Waals surface area contributed by atoms with Crippen molar-refractivity contribution in [3.8, 4) is 5.75 Å². The highest BCUT2D eigenvalue weighted by Crippen LogP contribution is 2.68. The predicted molar refractivity (Wildman–Crippen MR) is 228 cm³/mol. The summed E-state index contributed by atoms with van der Waals surface area (Å²) >= 11 is 0. The number of benzene rings is 2. The van der Waals surface area contributed by atoms with Gasteiger partial charge in [-0.25, -0.2) is 4.79 Å². The fraction of sp³-hybridized carbons (Fsp3) is 0.578. The molecule has 0 radical (unpaired) electrons. The van der Waals surface area contributed by atoms with Crippen LogP contribution in [0.25, 0.3) is 10.9 Å². The number of para-hydroxylation sites is 1. The molecule has 4 fully saturated rings. The van der Waals surface area contributed by atoms with Gasteiger partial charge in [0.05, 0.1) is 33.5 Å². The molecular weight excluding hydrogens is 837 g/mol. The first kappa shape index (κ1) is 43.7. The van der Waals surface area contributed by atoms with Gasteiger partial charge in [-0.05, 0) is 55.5 Å². The summed E-state index contributed by atoms with van der Waals surface area (Å²) < 4.78 is 62.1. The quantitative estimate of drug-likeness (QED) is 0.0879. The molecule has 2 bridgehead atoms. The van der Waals surface area contributed by atoms with Crippen LogP contribution in [0.2, 0.25) is 0 Å². The van der Waals surface area contributed by atoms with E-state index < -0.39 is 62.3 Å². The molecule has 3 aromatic rings. The summed E-state index contributed by atoms with van der Waals surface area (Å²) in [6.45, 7) is 9.07. The third-order valence-electron chi connectivity index (χ3n) is 15.7. The number of methoxy groups -OCH3 is 3. The Hall–Kier alpha value is -4.56. The van der Waals surface area contributed by atoms with E-state index in [1.807, 2.05) is 37.1 Å². The van der Waals surface area contributed by atoms with Crippen LogP contribution >= 0.6 is 0 Å². The number of hydrogen-bond donors (Lipinski definition) is 4. The van der Waals surface area contributed by atoms with Gasteiger partial charge >= 0.3 is 28.3 Å². The SMILES string of the molecule is CC[C@]12CN3Cc4c([nH]c5ccccc45)[C@@](C(=O)OC)(c4cc5c(cc4OC)N(C)[C@H]4C(O)(C(=O)OC)[C@H](OC(C)=O)[C@@]6(CC)C=CCN7CC[C@@]54[C@@H]76)CC(C3)[C@H]1O2.O=S(=O)(O)O. The van der Waals surface area contributed by atoms with Gasteiger partial charge < -0.3 is 38.7 Å². The molecule has 1 aliphatic carbocycles. The largest absolute Gasteiger partial charge is 0.496 e. The highest BCUT2D eigenvalue weighted by atomic mass is 32.3. The number of likely N-dealkylation sites (N-methyl/N-ethyl adjacent to an activating group) is 1. The minimum atomic E-state index is -4.67. The number of rotatable bonds is 7. The van der Waals surface area contributed by atoms with Crippen LogP contribution in [0.5, 0.6) is 5.75 Å². The number of H-pyrrole nitrogens is 1. The molecular formula is C45H56N4O13S. The van der Waals surface area contributed by atoms with Gasteiger partial charge in [0.15, 0.2) is 6.10 Å². The molecule has 7 heterocycles. The zero-order chi connectivity index (χ0) is 45.2. The van der Waals surface area contributed by atoms with E-state index in [-0.39, 0.29) is 23.7 Å². The highest BCUT2D eigenvalue weighted by molar-refractivity contribution is 7.79. The average molecular weight is 893 g/mol. The van der Waals surface area contributed by atoms with Crippen LogP contribution in [0, 0.1) is 11.3 Å². The molecule has 18 heteroatoms. The Labute approximate surface area is 366 Å². The maximum absolute atomic E-state index is 15.3. The molecule has 6 aliphatic heterocycles. The molecule has 1 spiro atoms. The molecule has 17 nitrogen and oxygen atoms in total. The number of anilines is 1. The lowest BCUT2D eigenvalue weighted by Crippen LogP contribution is -2.81. The molecule has 340 valence electrons. The van der Waals surface area contributed by atoms with E-state index in [1.54, 1.807) is 7.11 Å². The summed E-state index contributed by atoms with van der Waals surface area (Å²) in [6.07, 6.45) is 5.22. The summed E-state index contributed by atoms with van der Waals surface area (Å²) in [7, 11) is 1.55. The molecule has 3 unspecified atom stereocenters. The third kappa shape index (κ3) is 5.94. The topological polar surface area (TPSA) is 221 Å². The second-order valence-electron chi connectivity index (χ2n) is 18.4. The van der Waals surface area contributed by atoms with Gasteiger partial charge in [-0.2, -0.15) is 8.42 Å². The van der Waals surface area contributed by atoms with E-state index in [2.05, 4.69) is 52.1 Å². The number of ether oxygens (including phenoxy) is 5. The average Bonchev–Trinajstić information content (AvgIpc) is 3.58. The Morgan fingerprint density at radius 1 is 1.00 bits per heavy atom. The number of hydrogen-bond acceptors (Lipinski definition) is 14. The highest BCUT2D eigenvalue weighted by Gasteiger charge is 2.80. The van der Waals surface area contributed by atoms with Crippen molar-refractivity contribution in [2.24, 2.45) is 11.3 Å². The molecule has 11 atom stereocenters. The Kier molecular flexibility index (Phi) is 10.2. The van der Waals surface area contributed by atoms with Crippen molar-refractivity contribution in [1.29, 1.82) is 0 Å². The van der Waals surface area contributed by atoms with Crippen LogP contribution in [0.15, 0.2) is 48.6 Å². The van der Waals surface area contributed by atoms with E-state index in [0.29, 0.717) is 50.2 Å². The number of carbonyl (C=O) groups is 3.